The minimum Gasteiger partial charge on any atom is -0.507 e. The molecule has 1 aromatic rings. The van der Waals surface area contributed by atoms with Crippen molar-refractivity contribution < 1.29 is 10.2 Å². The molecule has 20 heavy (non-hydrogen) atoms. The third-order valence-corrected chi connectivity index (χ3v) is 3.62. The van der Waals surface area contributed by atoms with Crippen LogP contribution in [-0.2, 0) is 10.8 Å². The predicted molar refractivity (Wildman–Crippen MR) is 84.1 cm³/mol. The van der Waals surface area contributed by atoms with Crippen LogP contribution in [0.5, 0.6) is 5.75 Å². The molecule has 114 valence electrons. The lowest BCUT2D eigenvalue weighted by Gasteiger charge is -2.29. The number of hydrogen-bond acceptors (Lipinski definition) is 3. The van der Waals surface area contributed by atoms with Crippen molar-refractivity contribution in [3.05, 3.63) is 28.8 Å². The number of benzene rings is 1. The van der Waals surface area contributed by atoms with Crippen molar-refractivity contribution in [1.82, 2.24) is 0 Å². The summed E-state index contributed by atoms with van der Waals surface area (Å²) < 4.78 is 0. The number of aliphatic hydroxyl groups is 1. The van der Waals surface area contributed by atoms with Crippen LogP contribution in [0.1, 0.15) is 70.7 Å². The van der Waals surface area contributed by atoms with Gasteiger partial charge in [-0.2, -0.15) is 0 Å². The Bertz CT molecular complexity index is 432. The number of aromatic hydroxyl groups is 1. The lowest BCUT2D eigenvalue weighted by molar-refractivity contribution is 0.276. The van der Waals surface area contributed by atoms with E-state index in [1.165, 1.54) is 0 Å². The summed E-state index contributed by atoms with van der Waals surface area (Å²) in [5.74, 6) is 0.366. The van der Waals surface area contributed by atoms with Crippen LogP contribution in [0.2, 0.25) is 0 Å². The molecule has 0 bridgehead atoms. The third-order valence-electron chi connectivity index (χ3n) is 3.62. The Morgan fingerprint density at radius 1 is 1.00 bits per heavy atom. The van der Waals surface area contributed by atoms with Crippen molar-refractivity contribution in [1.29, 1.82) is 0 Å². The SMILES string of the molecule is CC(C)(C)c1cc([C@H](N)CCO)cc(C(C)(C)C)c1O. The van der Waals surface area contributed by atoms with Gasteiger partial charge in [-0.15, -0.1) is 0 Å². The van der Waals surface area contributed by atoms with Gasteiger partial charge in [-0.3, -0.25) is 0 Å². The van der Waals surface area contributed by atoms with E-state index in [0.717, 1.165) is 16.7 Å². The third kappa shape index (κ3) is 3.74. The molecule has 1 atom stereocenters. The van der Waals surface area contributed by atoms with Crippen molar-refractivity contribution >= 4 is 0 Å². The summed E-state index contributed by atoms with van der Waals surface area (Å²) in [6.45, 7) is 12.5. The van der Waals surface area contributed by atoms with Crippen LogP contribution in [0, 0.1) is 0 Å². The van der Waals surface area contributed by atoms with Gasteiger partial charge >= 0.3 is 0 Å². The summed E-state index contributed by atoms with van der Waals surface area (Å²) >= 11 is 0. The van der Waals surface area contributed by atoms with Gasteiger partial charge in [0.2, 0.25) is 0 Å². The quantitative estimate of drug-likeness (QED) is 0.794. The van der Waals surface area contributed by atoms with Crippen molar-refractivity contribution in [2.45, 2.75) is 64.8 Å². The molecule has 0 amide bonds. The summed E-state index contributed by atoms with van der Waals surface area (Å²) in [6.07, 6.45) is 0.526. The van der Waals surface area contributed by atoms with Crippen molar-refractivity contribution in [3.8, 4) is 5.75 Å². The van der Waals surface area contributed by atoms with Crippen LogP contribution >= 0.6 is 0 Å². The number of rotatable bonds is 3. The molecule has 0 radical (unpaired) electrons. The van der Waals surface area contributed by atoms with Crippen LogP contribution in [0.25, 0.3) is 0 Å². The highest BCUT2D eigenvalue weighted by molar-refractivity contribution is 5.50. The van der Waals surface area contributed by atoms with Crippen LogP contribution in [0.4, 0.5) is 0 Å². The van der Waals surface area contributed by atoms with Gasteiger partial charge in [0.15, 0.2) is 0 Å². The second-order valence-corrected chi connectivity index (χ2v) is 7.58. The van der Waals surface area contributed by atoms with Gasteiger partial charge in [-0.25, -0.2) is 0 Å². The molecule has 3 nitrogen and oxygen atoms in total. The summed E-state index contributed by atoms with van der Waals surface area (Å²) in [7, 11) is 0. The van der Waals surface area contributed by atoms with Gasteiger partial charge in [0.05, 0.1) is 0 Å². The molecule has 0 spiro atoms. The Morgan fingerprint density at radius 2 is 1.40 bits per heavy atom. The van der Waals surface area contributed by atoms with E-state index in [-0.39, 0.29) is 23.5 Å². The molecule has 0 unspecified atom stereocenters. The molecule has 0 saturated carbocycles. The highest BCUT2D eigenvalue weighted by Crippen LogP contribution is 2.40. The van der Waals surface area contributed by atoms with E-state index in [2.05, 4.69) is 41.5 Å². The average Bonchev–Trinajstić information content (AvgIpc) is 2.26. The highest BCUT2D eigenvalue weighted by Gasteiger charge is 2.27. The topological polar surface area (TPSA) is 66.5 Å². The van der Waals surface area contributed by atoms with Gasteiger partial charge in [-0.1, -0.05) is 53.7 Å². The fourth-order valence-electron chi connectivity index (χ4n) is 2.32. The number of phenolic OH excluding ortho intramolecular Hbond substituents is 1. The maximum absolute atomic E-state index is 10.6. The largest absolute Gasteiger partial charge is 0.507 e. The Hall–Kier alpha value is -1.06. The second kappa shape index (κ2) is 5.74. The first-order valence-corrected chi connectivity index (χ1v) is 7.22. The zero-order valence-electron chi connectivity index (χ0n) is 13.6. The Morgan fingerprint density at radius 3 is 1.70 bits per heavy atom. The molecule has 0 fully saturated rings. The molecule has 3 heteroatoms. The molecule has 0 heterocycles. The zero-order valence-corrected chi connectivity index (χ0v) is 13.6. The molecule has 0 aliphatic carbocycles. The Balaban J connectivity index is 3.50. The van der Waals surface area contributed by atoms with E-state index in [1.807, 2.05) is 12.1 Å². The van der Waals surface area contributed by atoms with Crippen LogP contribution in [-0.4, -0.2) is 16.8 Å². The van der Waals surface area contributed by atoms with E-state index in [1.54, 1.807) is 0 Å². The molecule has 1 rings (SSSR count). The standard InChI is InChI=1S/C17H29NO2/c1-16(2,3)12-9-11(14(18)7-8-19)10-13(15(12)20)17(4,5)6/h9-10,14,19-20H,7-8,18H2,1-6H3/t14-/m1/s1. The Labute approximate surface area is 122 Å². The summed E-state index contributed by atoms with van der Waals surface area (Å²) in [5.41, 5.74) is 8.63. The van der Waals surface area contributed by atoms with Crippen LogP contribution in [0.3, 0.4) is 0 Å². The number of phenols is 1. The minimum atomic E-state index is -0.206. The summed E-state index contributed by atoms with van der Waals surface area (Å²) in [6, 6.07) is 3.75. The molecule has 0 aromatic heterocycles. The molecular formula is C17H29NO2. The first-order valence-electron chi connectivity index (χ1n) is 7.22. The van der Waals surface area contributed by atoms with Gasteiger partial charge < -0.3 is 15.9 Å². The molecule has 0 aliphatic heterocycles. The van der Waals surface area contributed by atoms with Gasteiger partial charge in [-0.05, 0) is 33.9 Å². The first kappa shape index (κ1) is 17.0. The van der Waals surface area contributed by atoms with Gasteiger partial charge in [0.1, 0.15) is 5.75 Å². The molecule has 0 saturated heterocycles. The van der Waals surface area contributed by atoms with Gasteiger partial charge in [0, 0.05) is 12.6 Å². The van der Waals surface area contributed by atoms with E-state index in [0.29, 0.717) is 12.2 Å². The average molecular weight is 279 g/mol. The lowest BCUT2D eigenvalue weighted by atomic mass is 9.77. The number of aliphatic hydroxyl groups excluding tert-OH is 1. The van der Waals surface area contributed by atoms with Gasteiger partial charge in [0.25, 0.3) is 0 Å². The molecule has 1 aromatic carbocycles. The smallest absolute Gasteiger partial charge is 0.123 e. The number of nitrogens with two attached hydrogens (primary N) is 1. The Kier molecular flexibility index (Phi) is 4.88. The second-order valence-electron chi connectivity index (χ2n) is 7.58. The van der Waals surface area contributed by atoms with E-state index >= 15 is 0 Å². The van der Waals surface area contributed by atoms with Crippen molar-refractivity contribution in [2.75, 3.05) is 6.61 Å². The summed E-state index contributed by atoms with van der Waals surface area (Å²) in [5, 5.41) is 19.7. The molecular weight excluding hydrogens is 250 g/mol. The predicted octanol–water partition coefficient (Wildman–Crippen LogP) is 3.37. The fraction of sp³-hybridized carbons (Fsp3) is 0.647. The fourth-order valence-corrected chi connectivity index (χ4v) is 2.32. The summed E-state index contributed by atoms with van der Waals surface area (Å²) in [4.78, 5) is 0. The molecule has 4 N–H and O–H groups in total. The maximum Gasteiger partial charge on any atom is 0.123 e. The van der Waals surface area contributed by atoms with E-state index < -0.39 is 0 Å². The first-order chi connectivity index (χ1) is 8.98. The van der Waals surface area contributed by atoms with Crippen molar-refractivity contribution in [2.24, 2.45) is 5.73 Å². The van der Waals surface area contributed by atoms with Crippen molar-refractivity contribution in [3.63, 3.8) is 0 Å². The normalized spacial score (nSPS) is 14.4. The zero-order chi connectivity index (χ0) is 15.7. The minimum absolute atomic E-state index is 0.0672. The maximum atomic E-state index is 10.6. The highest BCUT2D eigenvalue weighted by atomic mass is 16.3. The van der Waals surface area contributed by atoms with E-state index in [4.69, 9.17) is 10.8 Å². The lowest BCUT2D eigenvalue weighted by Crippen LogP contribution is -2.20. The molecule has 0 aliphatic rings. The monoisotopic (exact) mass is 279 g/mol. The van der Waals surface area contributed by atoms with Crippen LogP contribution < -0.4 is 5.73 Å². The number of hydrogen-bond donors (Lipinski definition) is 3. The van der Waals surface area contributed by atoms with Crippen LogP contribution in [0.15, 0.2) is 12.1 Å². The van der Waals surface area contributed by atoms with E-state index in [9.17, 15) is 5.11 Å².